The van der Waals surface area contributed by atoms with Gasteiger partial charge in [-0.2, -0.15) is 0 Å². The molecule has 3 N–H and O–H groups in total. The van der Waals surface area contributed by atoms with Crippen LogP contribution in [0.1, 0.15) is 33.3 Å². The summed E-state index contributed by atoms with van der Waals surface area (Å²) in [4.78, 5) is 0.363. The van der Waals surface area contributed by atoms with Gasteiger partial charge in [-0.15, -0.1) is 0 Å². The number of rotatable bonds is 3. The Morgan fingerprint density at radius 3 is 2.41 bits per heavy atom. The van der Waals surface area contributed by atoms with Crippen LogP contribution in [0.25, 0.3) is 0 Å². The molecule has 0 saturated heterocycles. The van der Waals surface area contributed by atoms with E-state index in [4.69, 9.17) is 29.6 Å². The van der Waals surface area contributed by atoms with Gasteiger partial charge in [0.15, 0.2) is 0 Å². The summed E-state index contributed by atoms with van der Waals surface area (Å²) in [5.41, 5.74) is 7.43. The van der Waals surface area contributed by atoms with Crippen molar-refractivity contribution < 1.29 is 0 Å². The molecule has 0 aliphatic carbocycles. The molecular weight excluding hydrogens is 252 g/mol. The molecular formula is C13H19ClN2S. The van der Waals surface area contributed by atoms with Gasteiger partial charge in [0.1, 0.15) is 4.99 Å². The van der Waals surface area contributed by atoms with Crippen LogP contribution >= 0.6 is 23.8 Å². The van der Waals surface area contributed by atoms with Gasteiger partial charge in [0, 0.05) is 11.6 Å². The van der Waals surface area contributed by atoms with Crippen LogP contribution in [0.4, 0.5) is 5.69 Å². The van der Waals surface area contributed by atoms with Crippen LogP contribution in [0.5, 0.6) is 0 Å². The maximum absolute atomic E-state index is 6.19. The zero-order valence-corrected chi connectivity index (χ0v) is 12.2. The molecule has 0 radical (unpaired) electrons. The van der Waals surface area contributed by atoms with Crippen molar-refractivity contribution in [1.82, 2.24) is 0 Å². The molecule has 0 saturated carbocycles. The van der Waals surface area contributed by atoms with Crippen LogP contribution in [-0.2, 0) is 0 Å². The SMILES string of the molecule is CC(Nc1ccc(C(N)=S)cc1Cl)C(C)(C)C. The summed E-state index contributed by atoms with van der Waals surface area (Å²) >= 11 is 11.1. The van der Waals surface area contributed by atoms with Crippen LogP contribution < -0.4 is 11.1 Å². The number of anilines is 1. The van der Waals surface area contributed by atoms with E-state index >= 15 is 0 Å². The zero-order valence-electron chi connectivity index (χ0n) is 10.7. The van der Waals surface area contributed by atoms with Crippen molar-refractivity contribution in [3.8, 4) is 0 Å². The van der Waals surface area contributed by atoms with Gasteiger partial charge in [-0.25, -0.2) is 0 Å². The highest BCUT2D eigenvalue weighted by molar-refractivity contribution is 7.80. The van der Waals surface area contributed by atoms with E-state index in [-0.39, 0.29) is 5.41 Å². The Morgan fingerprint density at radius 1 is 1.41 bits per heavy atom. The molecule has 0 heterocycles. The van der Waals surface area contributed by atoms with Crippen LogP contribution in [0, 0.1) is 5.41 Å². The van der Waals surface area contributed by atoms with Crippen molar-refractivity contribution in [3.63, 3.8) is 0 Å². The maximum Gasteiger partial charge on any atom is 0.104 e. The maximum atomic E-state index is 6.19. The summed E-state index contributed by atoms with van der Waals surface area (Å²) < 4.78 is 0. The largest absolute Gasteiger partial charge is 0.389 e. The molecule has 1 unspecified atom stereocenters. The molecule has 0 aromatic heterocycles. The standard InChI is InChI=1S/C13H19ClN2S/c1-8(13(2,3)4)16-11-6-5-9(12(15)17)7-10(11)14/h5-8,16H,1-4H3,(H2,15,17). The Labute approximate surface area is 114 Å². The summed E-state index contributed by atoms with van der Waals surface area (Å²) in [5.74, 6) is 0. The van der Waals surface area contributed by atoms with E-state index in [0.29, 0.717) is 16.1 Å². The number of benzene rings is 1. The molecule has 0 aliphatic heterocycles. The van der Waals surface area contributed by atoms with Gasteiger partial charge >= 0.3 is 0 Å². The van der Waals surface area contributed by atoms with E-state index in [9.17, 15) is 0 Å². The first-order valence-corrected chi connectivity index (χ1v) is 6.36. The molecule has 0 aliphatic rings. The van der Waals surface area contributed by atoms with Crippen LogP contribution in [0.3, 0.4) is 0 Å². The highest BCUT2D eigenvalue weighted by Crippen LogP contribution is 2.28. The van der Waals surface area contributed by atoms with Gasteiger partial charge in [-0.05, 0) is 30.5 Å². The van der Waals surface area contributed by atoms with Crippen LogP contribution in [0.15, 0.2) is 18.2 Å². The Balaban J connectivity index is 2.90. The van der Waals surface area contributed by atoms with Crippen molar-refractivity contribution >= 4 is 34.5 Å². The van der Waals surface area contributed by atoms with E-state index in [1.807, 2.05) is 12.1 Å². The molecule has 1 rings (SSSR count). The Hall–Kier alpha value is -0.800. The molecule has 2 nitrogen and oxygen atoms in total. The van der Waals surface area contributed by atoms with E-state index in [2.05, 4.69) is 33.0 Å². The first-order chi connectivity index (χ1) is 7.71. The van der Waals surface area contributed by atoms with E-state index in [1.165, 1.54) is 0 Å². The van der Waals surface area contributed by atoms with Gasteiger partial charge in [0.05, 0.1) is 10.7 Å². The molecule has 17 heavy (non-hydrogen) atoms. The molecule has 0 spiro atoms. The smallest absolute Gasteiger partial charge is 0.104 e. The number of nitrogens with one attached hydrogen (secondary N) is 1. The van der Waals surface area contributed by atoms with Crippen molar-refractivity contribution in [2.45, 2.75) is 33.7 Å². The fraction of sp³-hybridized carbons (Fsp3) is 0.462. The quantitative estimate of drug-likeness (QED) is 0.820. The second kappa shape index (κ2) is 5.23. The minimum absolute atomic E-state index is 0.172. The average Bonchev–Trinajstić information content (AvgIpc) is 2.19. The normalized spacial score (nSPS) is 13.2. The number of hydrogen-bond acceptors (Lipinski definition) is 2. The fourth-order valence-electron chi connectivity index (χ4n) is 1.24. The van der Waals surface area contributed by atoms with Gasteiger partial charge in [0.2, 0.25) is 0 Å². The predicted molar refractivity (Wildman–Crippen MR) is 79.9 cm³/mol. The van der Waals surface area contributed by atoms with Gasteiger partial charge < -0.3 is 11.1 Å². The highest BCUT2D eigenvalue weighted by Gasteiger charge is 2.20. The molecule has 1 aromatic rings. The Bertz CT molecular complexity index is 424. The summed E-state index contributed by atoms with van der Waals surface area (Å²) in [6.45, 7) is 8.68. The van der Waals surface area contributed by atoms with Crippen LogP contribution in [0.2, 0.25) is 5.02 Å². The van der Waals surface area contributed by atoms with Crippen molar-refractivity contribution in [1.29, 1.82) is 0 Å². The van der Waals surface area contributed by atoms with Crippen molar-refractivity contribution in [3.05, 3.63) is 28.8 Å². The second-order valence-corrected chi connectivity index (χ2v) is 6.14. The molecule has 1 atom stereocenters. The summed E-state index contributed by atoms with van der Waals surface area (Å²) in [6.07, 6.45) is 0. The van der Waals surface area contributed by atoms with Gasteiger partial charge in [-0.3, -0.25) is 0 Å². The Morgan fingerprint density at radius 2 is 2.00 bits per heavy atom. The van der Waals surface area contributed by atoms with E-state index in [1.54, 1.807) is 6.07 Å². The molecule has 4 heteroatoms. The Kier molecular flexibility index (Phi) is 4.39. The number of hydrogen-bond donors (Lipinski definition) is 2. The minimum atomic E-state index is 0.172. The molecule has 0 amide bonds. The van der Waals surface area contributed by atoms with Gasteiger partial charge in [-0.1, -0.05) is 44.6 Å². The lowest BCUT2D eigenvalue weighted by Gasteiger charge is -2.29. The fourth-order valence-corrected chi connectivity index (χ4v) is 1.60. The molecule has 1 aromatic carbocycles. The first kappa shape index (κ1) is 14.3. The molecule has 94 valence electrons. The van der Waals surface area contributed by atoms with Crippen molar-refractivity contribution in [2.24, 2.45) is 11.1 Å². The lowest BCUT2D eigenvalue weighted by atomic mass is 9.88. The average molecular weight is 271 g/mol. The minimum Gasteiger partial charge on any atom is -0.389 e. The number of thiocarbonyl (C=S) groups is 1. The topological polar surface area (TPSA) is 38.0 Å². The lowest BCUT2D eigenvalue weighted by Crippen LogP contribution is -2.30. The number of nitrogens with two attached hydrogens (primary N) is 1. The molecule has 0 fully saturated rings. The zero-order chi connectivity index (χ0) is 13.2. The van der Waals surface area contributed by atoms with E-state index < -0.39 is 0 Å². The third-order valence-corrected chi connectivity index (χ3v) is 3.47. The summed E-state index contributed by atoms with van der Waals surface area (Å²) in [5, 5.41) is 4.05. The van der Waals surface area contributed by atoms with Crippen molar-refractivity contribution in [2.75, 3.05) is 5.32 Å². The van der Waals surface area contributed by atoms with E-state index in [0.717, 1.165) is 11.3 Å². The number of halogens is 1. The summed E-state index contributed by atoms with van der Waals surface area (Å²) in [7, 11) is 0. The third-order valence-electron chi connectivity index (χ3n) is 2.92. The predicted octanol–water partition coefficient (Wildman–Crippen LogP) is 3.82. The van der Waals surface area contributed by atoms with Crippen LogP contribution in [-0.4, -0.2) is 11.0 Å². The van der Waals surface area contributed by atoms with Gasteiger partial charge in [0.25, 0.3) is 0 Å². The monoisotopic (exact) mass is 270 g/mol. The summed E-state index contributed by atoms with van der Waals surface area (Å²) in [6, 6.07) is 5.91. The first-order valence-electron chi connectivity index (χ1n) is 5.57. The highest BCUT2D eigenvalue weighted by atomic mass is 35.5. The lowest BCUT2D eigenvalue weighted by molar-refractivity contribution is 0.359. The second-order valence-electron chi connectivity index (χ2n) is 5.29. The molecule has 0 bridgehead atoms. The third kappa shape index (κ3) is 3.86.